The van der Waals surface area contributed by atoms with Crippen LogP contribution < -0.4 is 9.47 Å². The van der Waals surface area contributed by atoms with Crippen LogP contribution in [0.1, 0.15) is 36.1 Å². The number of fused-ring (bicyclic) bond motifs is 1. The third-order valence-electron chi connectivity index (χ3n) is 7.23. The number of morpholine rings is 1. The summed E-state index contributed by atoms with van der Waals surface area (Å²) in [7, 11) is 0. The van der Waals surface area contributed by atoms with Gasteiger partial charge in [-0.15, -0.1) is 0 Å². The van der Waals surface area contributed by atoms with Crippen molar-refractivity contribution in [2.45, 2.75) is 31.9 Å². The molecular formula is C30H34N2O6. The summed E-state index contributed by atoms with van der Waals surface area (Å²) in [6.45, 7) is 10.3. The largest absolute Gasteiger partial charge is 0.507 e. The van der Waals surface area contributed by atoms with E-state index in [4.69, 9.17) is 14.2 Å². The third kappa shape index (κ3) is 5.33. The highest BCUT2D eigenvalue weighted by Gasteiger charge is 2.46. The molecule has 0 radical (unpaired) electrons. The molecule has 3 aliphatic rings. The Morgan fingerprint density at radius 3 is 2.76 bits per heavy atom. The highest BCUT2D eigenvalue weighted by Crippen LogP contribution is 2.41. The van der Waals surface area contributed by atoms with Crippen LogP contribution in [0.15, 0.2) is 60.7 Å². The number of carbonyl (C=O) groups is 2. The number of nitrogens with zero attached hydrogens (tertiary/aromatic N) is 2. The van der Waals surface area contributed by atoms with Gasteiger partial charge in [-0.3, -0.25) is 14.5 Å². The number of benzene rings is 2. The summed E-state index contributed by atoms with van der Waals surface area (Å²) in [5.41, 5.74) is 2.26. The SMILES string of the molecule is C=CCOc1cccc([C@H]2/C(=C(\O)c3ccc4c(c3)C[C@H](C)O4)C(=O)C(=O)N2CCCN2CCOCC2)c1. The van der Waals surface area contributed by atoms with Crippen molar-refractivity contribution < 1.29 is 28.9 Å². The fraction of sp³-hybridized carbons (Fsp3) is 0.400. The molecule has 38 heavy (non-hydrogen) atoms. The zero-order valence-corrected chi connectivity index (χ0v) is 21.7. The molecule has 3 heterocycles. The third-order valence-corrected chi connectivity index (χ3v) is 7.23. The molecule has 2 atom stereocenters. The van der Waals surface area contributed by atoms with Gasteiger partial charge in [-0.2, -0.15) is 0 Å². The summed E-state index contributed by atoms with van der Waals surface area (Å²) < 4.78 is 17.0. The van der Waals surface area contributed by atoms with Crippen LogP contribution in [0.25, 0.3) is 5.76 Å². The minimum atomic E-state index is -0.726. The fourth-order valence-corrected chi connectivity index (χ4v) is 5.40. The van der Waals surface area contributed by atoms with Gasteiger partial charge in [0.1, 0.15) is 30.0 Å². The van der Waals surface area contributed by atoms with Crippen molar-refractivity contribution >= 4 is 17.4 Å². The van der Waals surface area contributed by atoms with Gasteiger partial charge in [0.2, 0.25) is 0 Å². The van der Waals surface area contributed by atoms with E-state index in [1.54, 1.807) is 17.0 Å². The highest BCUT2D eigenvalue weighted by molar-refractivity contribution is 6.46. The number of amides is 1. The lowest BCUT2D eigenvalue weighted by atomic mass is 9.94. The van der Waals surface area contributed by atoms with Crippen molar-refractivity contribution in [2.24, 2.45) is 0 Å². The van der Waals surface area contributed by atoms with Gasteiger partial charge in [-0.25, -0.2) is 0 Å². The molecule has 0 saturated carbocycles. The number of Topliss-reactive ketones (excluding diaryl/α,β-unsaturated/α-hetero) is 1. The lowest BCUT2D eigenvalue weighted by Crippen LogP contribution is -2.38. The van der Waals surface area contributed by atoms with E-state index >= 15 is 0 Å². The van der Waals surface area contributed by atoms with Gasteiger partial charge < -0.3 is 24.2 Å². The molecule has 8 heteroatoms. The van der Waals surface area contributed by atoms with Crippen molar-refractivity contribution in [3.8, 4) is 11.5 Å². The van der Waals surface area contributed by atoms with E-state index in [1.807, 2.05) is 43.3 Å². The zero-order valence-electron chi connectivity index (χ0n) is 21.7. The Balaban J connectivity index is 1.49. The maximum Gasteiger partial charge on any atom is 0.295 e. The second kappa shape index (κ2) is 11.4. The predicted molar refractivity (Wildman–Crippen MR) is 143 cm³/mol. The molecular weight excluding hydrogens is 484 g/mol. The molecule has 8 nitrogen and oxygen atoms in total. The van der Waals surface area contributed by atoms with Gasteiger partial charge in [0.15, 0.2) is 0 Å². The van der Waals surface area contributed by atoms with Crippen LogP contribution in [-0.2, 0) is 20.7 Å². The Morgan fingerprint density at radius 1 is 1.16 bits per heavy atom. The average molecular weight is 519 g/mol. The van der Waals surface area contributed by atoms with E-state index in [1.165, 1.54) is 0 Å². The summed E-state index contributed by atoms with van der Waals surface area (Å²) in [6.07, 6.45) is 3.13. The second-order valence-corrected chi connectivity index (χ2v) is 9.93. The Hall–Kier alpha value is -3.62. The van der Waals surface area contributed by atoms with Gasteiger partial charge in [-0.1, -0.05) is 24.8 Å². The molecule has 0 spiro atoms. The number of hydrogen-bond donors (Lipinski definition) is 1. The number of hydrogen-bond acceptors (Lipinski definition) is 7. The number of ether oxygens (including phenoxy) is 3. The average Bonchev–Trinajstić information content (AvgIpc) is 3.43. The Bertz CT molecular complexity index is 1250. The second-order valence-electron chi connectivity index (χ2n) is 9.93. The zero-order chi connectivity index (χ0) is 26.6. The molecule has 0 aromatic heterocycles. The number of rotatable bonds is 9. The van der Waals surface area contributed by atoms with Crippen LogP contribution in [0.3, 0.4) is 0 Å². The molecule has 0 aliphatic carbocycles. The summed E-state index contributed by atoms with van der Waals surface area (Å²) in [5, 5.41) is 11.5. The Morgan fingerprint density at radius 2 is 1.97 bits per heavy atom. The minimum absolute atomic E-state index is 0.0535. The molecule has 2 aromatic rings. The van der Waals surface area contributed by atoms with Crippen LogP contribution in [-0.4, -0.2) is 78.7 Å². The lowest BCUT2D eigenvalue weighted by molar-refractivity contribution is -0.140. The number of ketones is 1. The minimum Gasteiger partial charge on any atom is -0.507 e. The maximum absolute atomic E-state index is 13.4. The molecule has 0 unspecified atom stereocenters. The summed E-state index contributed by atoms with van der Waals surface area (Å²) in [6, 6.07) is 12.0. The molecule has 2 aromatic carbocycles. The van der Waals surface area contributed by atoms with Gasteiger partial charge in [0.25, 0.3) is 11.7 Å². The van der Waals surface area contributed by atoms with Crippen LogP contribution >= 0.6 is 0 Å². The van der Waals surface area contributed by atoms with E-state index in [0.717, 1.165) is 37.4 Å². The molecule has 2 saturated heterocycles. The van der Waals surface area contributed by atoms with Crippen molar-refractivity contribution in [2.75, 3.05) is 46.0 Å². The first-order chi connectivity index (χ1) is 18.5. The first kappa shape index (κ1) is 26.0. The fourth-order valence-electron chi connectivity index (χ4n) is 5.40. The summed E-state index contributed by atoms with van der Waals surface area (Å²) in [4.78, 5) is 30.6. The van der Waals surface area contributed by atoms with E-state index in [9.17, 15) is 14.7 Å². The molecule has 1 N–H and O–H groups in total. The van der Waals surface area contributed by atoms with Crippen LogP contribution in [0.5, 0.6) is 11.5 Å². The topological polar surface area (TPSA) is 88.5 Å². The van der Waals surface area contributed by atoms with E-state index in [2.05, 4.69) is 11.5 Å². The molecule has 0 bridgehead atoms. The first-order valence-electron chi connectivity index (χ1n) is 13.2. The van der Waals surface area contributed by atoms with Gasteiger partial charge in [0, 0.05) is 38.2 Å². The summed E-state index contributed by atoms with van der Waals surface area (Å²) in [5.74, 6) is -0.0783. The van der Waals surface area contributed by atoms with Crippen molar-refractivity contribution in [3.63, 3.8) is 0 Å². The monoisotopic (exact) mass is 518 g/mol. The quantitative estimate of drug-likeness (QED) is 0.234. The lowest BCUT2D eigenvalue weighted by Gasteiger charge is -2.29. The highest BCUT2D eigenvalue weighted by atomic mass is 16.5. The van der Waals surface area contributed by atoms with Crippen LogP contribution in [0, 0.1) is 0 Å². The normalized spacial score (nSPS) is 22.8. The van der Waals surface area contributed by atoms with Gasteiger partial charge in [0.05, 0.1) is 24.8 Å². The molecule has 200 valence electrons. The van der Waals surface area contributed by atoms with Gasteiger partial charge in [-0.05, 0) is 54.8 Å². The number of carbonyl (C=O) groups excluding carboxylic acids is 2. The van der Waals surface area contributed by atoms with Crippen LogP contribution in [0.2, 0.25) is 0 Å². The van der Waals surface area contributed by atoms with E-state index in [0.29, 0.717) is 49.7 Å². The molecule has 5 rings (SSSR count). The molecule has 2 fully saturated rings. The number of aliphatic hydroxyl groups is 1. The molecule has 1 amide bonds. The van der Waals surface area contributed by atoms with Crippen LogP contribution in [0.4, 0.5) is 0 Å². The van der Waals surface area contributed by atoms with Crippen molar-refractivity contribution in [1.82, 2.24) is 9.80 Å². The summed E-state index contributed by atoms with van der Waals surface area (Å²) >= 11 is 0. The first-order valence-corrected chi connectivity index (χ1v) is 13.2. The standard InChI is InChI=1S/C30H34N2O6/c1-3-14-37-24-7-4-6-21(19-24)27-26(28(33)22-8-9-25-23(18-22)17-20(2)38-25)29(34)30(35)32(27)11-5-10-31-12-15-36-16-13-31/h3-4,6-9,18-20,27,33H,1,5,10-17H2,2H3/b28-26+/t20-,27-/m0/s1. The number of likely N-dealkylation sites (tertiary alicyclic amines) is 1. The number of aliphatic hydroxyl groups excluding tert-OH is 1. The maximum atomic E-state index is 13.4. The smallest absolute Gasteiger partial charge is 0.295 e. The van der Waals surface area contributed by atoms with Gasteiger partial charge >= 0.3 is 0 Å². The van der Waals surface area contributed by atoms with E-state index < -0.39 is 17.7 Å². The predicted octanol–water partition coefficient (Wildman–Crippen LogP) is 3.72. The van der Waals surface area contributed by atoms with Crippen molar-refractivity contribution in [3.05, 3.63) is 77.4 Å². The van der Waals surface area contributed by atoms with E-state index in [-0.39, 0.29) is 17.4 Å². The molecule has 3 aliphatic heterocycles. The van der Waals surface area contributed by atoms with Crippen molar-refractivity contribution in [1.29, 1.82) is 0 Å². The Kier molecular flexibility index (Phi) is 7.81. The Labute approximate surface area is 223 Å².